The van der Waals surface area contributed by atoms with Crippen molar-refractivity contribution in [3.05, 3.63) is 65.9 Å². The molecule has 1 amide bonds. The maximum atomic E-state index is 12.8. The molecule has 0 atom stereocenters. The van der Waals surface area contributed by atoms with Gasteiger partial charge in [-0.05, 0) is 26.0 Å². The molecular weight excluding hydrogens is 290 g/mol. The van der Waals surface area contributed by atoms with E-state index in [0.717, 1.165) is 5.56 Å². The molecule has 0 saturated carbocycles. The van der Waals surface area contributed by atoms with Crippen molar-refractivity contribution in [2.45, 2.75) is 13.8 Å². The molecule has 2 aromatic rings. The zero-order valence-electron chi connectivity index (χ0n) is 13.3. The Labute approximate surface area is 135 Å². The molecule has 1 heterocycles. The lowest BCUT2D eigenvalue weighted by molar-refractivity contribution is -0.129. The summed E-state index contributed by atoms with van der Waals surface area (Å²) >= 11 is 0. The number of ether oxygens (including phenoxy) is 2. The van der Waals surface area contributed by atoms with Gasteiger partial charge in [-0.3, -0.25) is 4.79 Å². The monoisotopic (exact) mass is 309 g/mol. The maximum absolute atomic E-state index is 12.8. The summed E-state index contributed by atoms with van der Waals surface area (Å²) in [5.41, 5.74) is 0.817. The van der Waals surface area contributed by atoms with Gasteiger partial charge >= 0.3 is 0 Å². The molecule has 1 aliphatic rings. The zero-order valence-corrected chi connectivity index (χ0v) is 13.3. The lowest BCUT2D eigenvalue weighted by Gasteiger charge is -2.26. The van der Waals surface area contributed by atoms with Crippen LogP contribution in [0.25, 0.3) is 5.76 Å². The predicted molar refractivity (Wildman–Crippen MR) is 89.0 cm³/mol. The SMILES string of the molecule is CCN(CC)C(=O)C1=C(c2ccccc2)Oc2ccccc2O1. The number of carbonyl (C=O) groups excluding carboxylic acids is 1. The highest BCUT2D eigenvalue weighted by atomic mass is 16.6. The van der Waals surface area contributed by atoms with Crippen LogP contribution in [-0.2, 0) is 4.79 Å². The molecular formula is C19H19NO3. The van der Waals surface area contributed by atoms with Crippen molar-refractivity contribution >= 4 is 11.7 Å². The van der Waals surface area contributed by atoms with Gasteiger partial charge in [0.25, 0.3) is 5.91 Å². The van der Waals surface area contributed by atoms with E-state index in [1.807, 2.05) is 62.4 Å². The van der Waals surface area contributed by atoms with Crippen LogP contribution >= 0.6 is 0 Å². The van der Waals surface area contributed by atoms with Gasteiger partial charge in [0.2, 0.25) is 5.76 Å². The Hall–Kier alpha value is -2.75. The summed E-state index contributed by atoms with van der Waals surface area (Å²) in [7, 11) is 0. The van der Waals surface area contributed by atoms with Crippen LogP contribution in [0.5, 0.6) is 11.5 Å². The number of para-hydroxylation sites is 2. The third-order valence-electron chi connectivity index (χ3n) is 3.76. The zero-order chi connectivity index (χ0) is 16.2. The minimum Gasteiger partial charge on any atom is -0.449 e. The van der Waals surface area contributed by atoms with Gasteiger partial charge in [0.05, 0.1) is 0 Å². The van der Waals surface area contributed by atoms with E-state index in [4.69, 9.17) is 9.47 Å². The van der Waals surface area contributed by atoms with E-state index in [0.29, 0.717) is 30.3 Å². The van der Waals surface area contributed by atoms with Gasteiger partial charge in [-0.2, -0.15) is 0 Å². The second-order valence-electron chi connectivity index (χ2n) is 5.15. The first kappa shape index (κ1) is 15.2. The van der Waals surface area contributed by atoms with Crippen LogP contribution in [0.1, 0.15) is 19.4 Å². The number of hydrogen-bond donors (Lipinski definition) is 0. The van der Waals surface area contributed by atoms with Crippen molar-refractivity contribution < 1.29 is 14.3 Å². The van der Waals surface area contributed by atoms with E-state index >= 15 is 0 Å². The van der Waals surface area contributed by atoms with Gasteiger partial charge in [0.15, 0.2) is 17.3 Å². The summed E-state index contributed by atoms with van der Waals surface area (Å²) in [6.45, 7) is 5.13. The van der Waals surface area contributed by atoms with E-state index in [1.165, 1.54) is 0 Å². The van der Waals surface area contributed by atoms with Crippen molar-refractivity contribution in [3.8, 4) is 11.5 Å². The summed E-state index contributed by atoms with van der Waals surface area (Å²) < 4.78 is 11.9. The molecule has 0 N–H and O–H groups in total. The first-order valence-corrected chi connectivity index (χ1v) is 7.78. The maximum Gasteiger partial charge on any atom is 0.293 e. The van der Waals surface area contributed by atoms with Crippen molar-refractivity contribution in [1.29, 1.82) is 0 Å². The van der Waals surface area contributed by atoms with E-state index < -0.39 is 0 Å². The van der Waals surface area contributed by atoms with Crippen LogP contribution < -0.4 is 9.47 Å². The molecule has 23 heavy (non-hydrogen) atoms. The molecule has 0 aliphatic carbocycles. The minimum atomic E-state index is -0.164. The Morgan fingerprint density at radius 1 is 0.870 bits per heavy atom. The molecule has 118 valence electrons. The number of nitrogens with zero attached hydrogens (tertiary/aromatic N) is 1. The fourth-order valence-corrected chi connectivity index (χ4v) is 2.51. The predicted octanol–water partition coefficient (Wildman–Crippen LogP) is 3.70. The largest absolute Gasteiger partial charge is 0.449 e. The number of benzene rings is 2. The summed E-state index contributed by atoms with van der Waals surface area (Å²) in [5, 5.41) is 0. The topological polar surface area (TPSA) is 38.8 Å². The molecule has 0 radical (unpaired) electrons. The Morgan fingerprint density at radius 2 is 1.43 bits per heavy atom. The number of rotatable bonds is 4. The van der Waals surface area contributed by atoms with Gasteiger partial charge in [-0.15, -0.1) is 0 Å². The summed E-state index contributed by atoms with van der Waals surface area (Å²) in [5.74, 6) is 1.70. The molecule has 0 bridgehead atoms. The molecule has 4 nitrogen and oxygen atoms in total. The summed E-state index contributed by atoms with van der Waals surface area (Å²) in [6, 6.07) is 16.9. The molecule has 0 unspecified atom stereocenters. The molecule has 2 aromatic carbocycles. The van der Waals surface area contributed by atoms with Crippen LogP contribution in [0.2, 0.25) is 0 Å². The quantitative estimate of drug-likeness (QED) is 0.864. The third-order valence-corrected chi connectivity index (χ3v) is 3.76. The number of fused-ring (bicyclic) bond motifs is 1. The van der Waals surface area contributed by atoms with Crippen molar-refractivity contribution in [2.75, 3.05) is 13.1 Å². The van der Waals surface area contributed by atoms with Crippen molar-refractivity contribution in [1.82, 2.24) is 4.90 Å². The molecule has 4 heteroatoms. The molecule has 1 aliphatic heterocycles. The van der Waals surface area contributed by atoms with Gasteiger partial charge in [-0.1, -0.05) is 42.5 Å². The van der Waals surface area contributed by atoms with Crippen LogP contribution in [0.3, 0.4) is 0 Å². The van der Waals surface area contributed by atoms with Crippen molar-refractivity contribution in [3.63, 3.8) is 0 Å². The number of carbonyl (C=O) groups is 1. The molecule has 0 fully saturated rings. The standard InChI is InChI=1S/C19H19NO3/c1-3-20(4-2)19(21)18-17(14-10-6-5-7-11-14)22-15-12-8-9-13-16(15)23-18/h5-13H,3-4H2,1-2H3. The highest BCUT2D eigenvalue weighted by Crippen LogP contribution is 2.38. The molecule has 0 saturated heterocycles. The van der Waals surface area contributed by atoms with Crippen molar-refractivity contribution in [2.24, 2.45) is 0 Å². The normalized spacial score (nSPS) is 13.0. The summed E-state index contributed by atoms with van der Waals surface area (Å²) in [4.78, 5) is 14.5. The Balaban J connectivity index is 2.08. The average molecular weight is 309 g/mol. The fourth-order valence-electron chi connectivity index (χ4n) is 2.51. The van der Waals surface area contributed by atoms with E-state index in [2.05, 4.69) is 0 Å². The lowest BCUT2D eigenvalue weighted by Crippen LogP contribution is -2.35. The minimum absolute atomic E-state index is 0.164. The molecule has 0 aromatic heterocycles. The number of likely N-dealkylation sites (N-methyl/N-ethyl adjacent to an activating group) is 1. The van der Waals surface area contributed by atoms with Gasteiger partial charge in [0, 0.05) is 18.7 Å². The van der Waals surface area contributed by atoms with Gasteiger partial charge in [-0.25, -0.2) is 0 Å². The van der Waals surface area contributed by atoms with E-state index in [-0.39, 0.29) is 11.7 Å². The van der Waals surface area contributed by atoms with Crippen LogP contribution in [0.4, 0.5) is 0 Å². The lowest BCUT2D eigenvalue weighted by atomic mass is 10.1. The first-order chi connectivity index (χ1) is 11.2. The Kier molecular flexibility index (Phi) is 4.33. The van der Waals surface area contributed by atoms with Crippen LogP contribution in [0.15, 0.2) is 60.4 Å². The average Bonchev–Trinajstić information content (AvgIpc) is 2.62. The number of hydrogen-bond acceptors (Lipinski definition) is 3. The smallest absolute Gasteiger partial charge is 0.293 e. The molecule has 3 rings (SSSR count). The second-order valence-corrected chi connectivity index (χ2v) is 5.15. The highest BCUT2D eigenvalue weighted by Gasteiger charge is 2.30. The van der Waals surface area contributed by atoms with Crippen LogP contribution in [0, 0.1) is 0 Å². The first-order valence-electron chi connectivity index (χ1n) is 7.78. The molecule has 0 spiro atoms. The van der Waals surface area contributed by atoms with Crippen LogP contribution in [-0.4, -0.2) is 23.9 Å². The Morgan fingerprint density at radius 3 is 2.04 bits per heavy atom. The third kappa shape index (κ3) is 2.93. The highest BCUT2D eigenvalue weighted by molar-refractivity contribution is 5.99. The Bertz CT molecular complexity index is 733. The summed E-state index contributed by atoms with van der Waals surface area (Å²) in [6.07, 6.45) is 0. The van der Waals surface area contributed by atoms with E-state index in [1.54, 1.807) is 11.0 Å². The van der Waals surface area contributed by atoms with Gasteiger partial charge < -0.3 is 14.4 Å². The number of amides is 1. The fraction of sp³-hybridized carbons (Fsp3) is 0.211. The van der Waals surface area contributed by atoms with E-state index in [9.17, 15) is 4.79 Å². The second kappa shape index (κ2) is 6.57. The van der Waals surface area contributed by atoms with Gasteiger partial charge in [0.1, 0.15) is 0 Å².